The fourth-order valence-electron chi connectivity index (χ4n) is 3.18. The van der Waals surface area contributed by atoms with E-state index in [1.807, 2.05) is 4.74 Å². The molecule has 19 heteroatoms. The summed E-state index contributed by atoms with van der Waals surface area (Å²) in [6, 6.07) is -15.0. The summed E-state index contributed by atoms with van der Waals surface area (Å²) in [5, 5.41) is 9.24. The first-order valence-corrected chi connectivity index (χ1v) is 9.70. The molecule has 5 nitrogen and oxygen atoms in total. The summed E-state index contributed by atoms with van der Waals surface area (Å²) in [5.41, 5.74) is -6.92. The second-order valence-electron chi connectivity index (χ2n) is 7.71. The number of hydrogen-bond acceptors (Lipinski definition) is 5. The van der Waals surface area contributed by atoms with E-state index in [9.17, 15) is 71.4 Å². The molecule has 1 atom stereocenters. The molecule has 1 saturated heterocycles. The molecule has 0 saturated carbocycles. The molecule has 0 spiro atoms. The molecule has 1 fully saturated rings. The molecule has 39 heavy (non-hydrogen) atoms. The first kappa shape index (κ1) is 30.2. The van der Waals surface area contributed by atoms with Crippen molar-refractivity contribution < 1.29 is 80.8 Å². The van der Waals surface area contributed by atoms with Gasteiger partial charge < -0.3 is 9.84 Å². The van der Waals surface area contributed by atoms with Crippen LogP contribution in [0.25, 0.3) is 11.1 Å². The number of rotatable bonds is 5. The number of esters is 1. The number of nitrogens with zero attached hydrogens (tertiary/aromatic N) is 1. The van der Waals surface area contributed by atoms with E-state index < -0.39 is 58.8 Å². The summed E-state index contributed by atoms with van der Waals surface area (Å²) in [5.74, 6) is -5.38. The molecule has 0 bridgehead atoms. The monoisotopic (exact) mass is 593 g/mol. The predicted molar refractivity (Wildman–Crippen MR) is 96.7 cm³/mol. The van der Waals surface area contributed by atoms with Gasteiger partial charge in [0.1, 0.15) is 11.5 Å². The molecule has 216 valence electrons. The highest BCUT2D eigenvalue weighted by Crippen LogP contribution is 2.62. The van der Waals surface area contributed by atoms with Gasteiger partial charge in [-0.1, -0.05) is 24.3 Å². The van der Waals surface area contributed by atoms with E-state index in [0.29, 0.717) is 17.7 Å². The standard InChI is InChI=1S/C20H9F14NO4/c21-14(15(22,23)24,13(37)38-12-7-3-10(4-8-12)9-1-5-11(36)6-2-9)16(25,26)35-17(27,28)19(31,32)39-20(33,34)18(35,29)30/h1-8,36H/t14-/m0/s1. The van der Waals surface area contributed by atoms with Crippen molar-refractivity contribution in [3.8, 4) is 22.6 Å². The minimum absolute atomic E-state index is 0.152. The number of carbonyl (C=O) groups is 1. The number of morpholine rings is 1. The molecule has 1 aliphatic rings. The van der Waals surface area contributed by atoms with Gasteiger partial charge >= 0.3 is 48.2 Å². The third-order valence-electron chi connectivity index (χ3n) is 5.15. The Hall–Kier alpha value is -3.35. The van der Waals surface area contributed by atoms with E-state index in [1.165, 1.54) is 24.3 Å². The Morgan fingerprint density at radius 2 is 1.10 bits per heavy atom. The summed E-state index contributed by atoms with van der Waals surface area (Å²) in [7, 11) is 0. The summed E-state index contributed by atoms with van der Waals surface area (Å²) in [4.78, 5) is 7.89. The summed E-state index contributed by atoms with van der Waals surface area (Å²) in [6.07, 6.45) is -21.6. The molecule has 2 aromatic carbocycles. The van der Waals surface area contributed by atoms with E-state index in [4.69, 9.17) is 0 Å². The highest BCUT2D eigenvalue weighted by Gasteiger charge is 2.93. The number of aromatic hydroxyl groups is 1. The topological polar surface area (TPSA) is 59.0 Å². The lowest BCUT2D eigenvalue weighted by atomic mass is 9.99. The first-order valence-electron chi connectivity index (χ1n) is 9.70. The van der Waals surface area contributed by atoms with Gasteiger partial charge in [0, 0.05) is 0 Å². The lowest BCUT2D eigenvalue weighted by Crippen LogP contribution is -2.82. The number of hydrogen-bond donors (Lipinski definition) is 1. The Kier molecular flexibility index (Phi) is 6.84. The molecule has 0 unspecified atom stereocenters. The maximum absolute atomic E-state index is 14.9. The zero-order valence-electron chi connectivity index (χ0n) is 18.0. The first-order chi connectivity index (χ1) is 17.4. The molecule has 2 aromatic rings. The zero-order chi connectivity index (χ0) is 30.0. The van der Waals surface area contributed by atoms with Crippen LogP contribution >= 0.6 is 0 Å². The maximum Gasteiger partial charge on any atom is 0.441 e. The van der Waals surface area contributed by atoms with E-state index in [1.54, 1.807) is 0 Å². The van der Waals surface area contributed by atoms with Crippen LogP contribution in [0.3, 0.4) is 0 Å². The van der Waals surface area contributed by atoms with E-state index in [-0.39, 0.29) is 11.3 Å². The van der Waals surface area contributed by atoms with Crippen LogP contribution < -0.4 is 4.74 Å². The van der Waals surface area contributed by atoms with Crippen LogP contribution in [0.1, 0.15) is 0 Å². The summed E-state index contributed by atoms with van der Waals surface area (Å²) < 4.78 is 199. The van der Waals surface area contributed by atoms with Crippen molar-refractivity contribution in [2.45, 2.75) is 42.2 Å². The lowest BCUT2D eigenvalue weighted by Gasteiger charge is -2.51. The van der Waals surface area contributed by atoms with Crippen molar-refractivity contribution in [3.05, 3.63) is 48.5 Å². The molecular formula is C20H9F14NO4. The van der Waals surface area contributed by atoms with E-state index >= 15 is 0 Å². The Balaban J connectivity index is 2.07. The van der Waals surface area contributed by atoms with Gasteiger partial charge in [0.25, 0.3) is 0 Å². The predicted octanol–water partition coefficient (Wildman–Crippen LogP) is 6.53. The van der Waals surface area contributed by atoms with Crippen LogP contribution in [0.5, 0.6) is 11.5 Å². The molecule has 1 N–H and O–H groups in total. The van der Waals surface area contributed by atoms with Crippen LogP contribution in [0.2, 0.25) is 0 Å². The Morgan fingerprint density at radius 3 is 1.49 bits per heavy atom. The highest BCUT2D eigenvalue weighted by atomic mass is 19.4. The Morgan fingerprint density at radius 1 is 0.718 bits per heavy atom. The van der Waals surface area contributed by atoms with Gasteiger partial charge in [0.2, 0.25) is 0 Å². The van der Waals surface area contributed by atoms with Crippen LogP contribution in [0.15, 0.2) is 48.5 Å². The fourth-order valence-corrected chi connectivity index (χ4v) is 3.18. The largest absolute Gasteiger partial charge is 0.508 e. The van der Waals surface area contributed by atoms with Gasteiger partial charge in [0.05, 0.1) is 0 Å². The molecular weight excluding hydrogens is 584 g/mol. The highest BCUT2D eigenvalue weighted by molar-refractivity contribution is 5.84. The second-order valence-corrected chi connectivity index (χ2v) is 7.71. The number of carbonyl (C=O) groups excluding carboxylic acids is 1. The van der Waals surface area contributed by atoms with Gasteiger partial charge in [0.15, 0.2) is 0 Å². The van der Waals surface area contributed by atoms with Crippen LogP contribution in [0.4, 0.5) is 61.5 Å². The normalized spacial score (nSPS) is 22.1. The molecule has 1 aliphatic heterocycles. The minimum Gasteiger partial charge on any atom is -0.508 e. The number of halogens is 14. The smallest absolute Gasteiger partial charge is 0.441 e. The molecule has 0 aromatic heterocycles. The third-order valence-corrected chi connectivity index (χ3v) is 5.15. The summed E-state index contributed by atoms with van der Waals surface area (Å²) >= 11 is 0. The summed E-state index contributed by atoms with van der Waals surface area (Å²) in [6.45, 7) is 0. The van der Waals surface area contributed by atoms with Gasteiger partial charge in [-0.25, -0.2) is 13.9 Å². The van der Waals surface area contributed by atoms with Crippen molar-refractivity contribution in [3.63, 3.8) is 0 Å². The zero-order valence-corrected chi connectivity index (χ0v) is 18.0. The van der Waals surface area contributed by atoms with Crippen molar-refractivity contribution in [1.82, 2.24) is 4.90 Å². The second kappa shape index (κ2) is 8.83. The van der Waals surface area contributed by atoms with Crippen LogP contribution in [-0.4, -0.2) is 58.2 Å². The van der Waals surface area contributed by atoms with Crippen molar-refractivity contribution in [2.24, 2.45) is 0 Å². The fraction of sp³-hybridized carbons (Fsp3) is 0.350. The van der Waals surface area contributed by atoms with Crippen molar-refractivity contribution in [2.75, 3.05) is 0 Å². The number of alkyl halides is 14. The number of benzene rings is 2. The molecule has 0 radical (unpaired) electrons. The quantitative estimate of drug-likeness (QED) is 0.185. The SMILES string of the molecule is O=C(Oc1ccc(-c2ccc(O)cc2)cc1)[C@](F)(C(F)(F)F)C(F)(F)N1C(F)(F)C(F)(F)OC(F)(F)C1(F)F. The Labute approximate surface area is 206 Å². The van der Waals surface area contributed by atoms with Gasteiger partial charge in [-0.3, -0.25) is 0 Å². The Bertz CT molecular complexity index is 1200. The van der Waals surface area contributed by atoms with E-state index in [0.717, 1.165) is 12.1 Å². The van der Waals surface area contributed by atoms with Gasteiger partial charge in [-0.2, -0.15) is 57.1 Å². The molecule has 0 aliphatic carbocycles. The average Bonchev–Trinajstić information content (AvgIpc) is 2.76. The minimum atomic E-state index is -7.89. The number of ether oxygens (including phenoxy) is 2. The number of phenolic OH excluding ortho intramolecular Hbond substituents is 1. The van der Waals surface area contributed by atoms with Crippen LogP contribution in [-0.2, 0) is 9.53 Å². The van der Waals surface area contributed by atoms with E-state index in [2.05, 4.69) is 4.74 Å². The molecule has 1 heterocycles. The van der Waals surface area contributed by atoms with Crippen molar-refractivity contribution >= 4 is 5.97 Å². The van der Waals surface area contributed by atoms with Gasteiger partial charge in [-0.05, 0) is 35.4 Å². The van der Waals surface area contributed by atoms with Gasteiger partial charge in [-0.15, -0.1) is 4.90 Å². The van der Waals surface area contributed by atoms with Crippen LogP contribution in [0, 0.1) is 0 Å². The van der Waals surface area contributed by atoms with Crippen molar-refractivity contribution in [1.29, 1.82) is 0 Å². The third kappa shape index (κ3) is 4.50. The average molecular weight is 593 g/mol. The number of phenols is 1. The lowest BCUT2D eigenvalue weighted by molar-refractivity contribution is -0.592. The maximum atomic E-state index is 14.9. The molecule has 0 amide bonds. The molecule has 3 rings (SSSR count).